The molecule has 0 fully saturated rings. The normalized spacial score (nSPS) is 14.1. The van der Waals surface area contributed by atoms with Gasteiger partial charge >= 0.3 is 0 Å². The van der Waals surface area contributed by atoms with E-state index in [1.165, 1.54) is 28.6 Å². The van der Waals surface area contributed by atoms with Crippen molar-refractivity contribution in [3.05, 3.63) is 64.4 Å². The van der Waals surface area contributed by atoms with E-state index in [0.717, 1.165) is 42.8 Å². The molecule has 0 amide bonds. The molecular formula is C28H37N3O2S. The van der Waals surface area contributed by atoms with Gasteiger partial charge in [-0.25, -0.2) is 0 Å². The predicted molar refractivity (Wildman–Crippen MR) is 148 cm³/mol. The van der Waals surface area contributed by atoms with E-state index in [1.807, 2.05) is 24.9 Å². The molecule has 0 aliphatic carbocycles. The minimum atomic E-state index is 0.0256. The summed E-state index contributed by atoms with van der Waals surface area (Å²) in [5.41, 5.74) is 8.35. The first-order valence-corrected chi connectivity index (χ1v) is 12.5. The van der Waals surface area contributed by atoms with Crippen molar-refractivity contribution in [1.29, 1.82) is 0 Å². The molecular weight excluding hydrogens is 442 g/mol. The summed E-state index contributed by atoms with van der Waals surface area (Å²) >= 11 is 5.78. The number of nitrogens with zero attached hydrogens (tertiary/aromatic N) is 2. The van der Waals surface area contributed by atoms with Gasteiger partial charge in [-0.1, -0.05) is 31.6 Å². The highest BCUT2D eigenvalue weighted by molar-refractivity contribution is 7.80. The number of anilines is 2. The molecule has 0 saturated carbocycles. The summed E-state index contributed by atoms with van der Waals surface area (Å²) in [5.74, 6) is 0.126. The van der Waals surface area contributed by atoms with E-state index in [4.69, 9.17) is 12.2 Å². The third-order valence-electron chi connectivity index (χ3n) is 6.64. The summed E-state index contributed by atoms with van der Waals surface area (Å²) in [5, 5.41) is 24.7. The van der Waals surface area contributed by atoms with Crippen molar-refractivity contribution in [2.45, 2.75) is 60.3 Å². The van der Waals surface area contributed by atoms with E-state index < -0.39 is 0 Å². The topological polar surface area (TPSA) is 59.0 Å². The van der Waals surface area contributed by atoms with Gasteiger partial charge in [-0.3, -0.25) is 4.90 Å². The van der Waals surface area contributed by atoms with E-state index >= 15 is 0 Å². The Morgan fingerprint density at radius 2 is 1.82 bits per heavy atom. The van der Waals surface area contributed by atoms with Crippen molar-refractivity contribution in [3.8, 4) is 11.5 Å². The molecule has 0 saturated heterocycles. The maximum atomic E-state index is 10.8. The lowest BCUT2D eigenvalue weighted by Crippen LogP contribution is -2.37. The van der Waals surface area contributed by atoms with Gasteiger partial charge in [0.25, 0.3) is 0 Å². The Morgan fingerprint density at radius 3 is 2.44 bits per heavy atom. The van der Waals surface area contributed by atoms with Crippen LogP contribution in [-0.4, -0.2) is 28.9 Å². The van der Waals surface area contributed by atoms with E-state index in [2.05, 4.69) is 62.2 Å². The Morgan fingerprint density at radius 1 is 1.09 bits per heavy atom. The van der Waals surface area contributed by atoms with Gasteiger partial charge in [0.2, 0.25) is 0 Å². The minimum Gasteiger partial charge on any atom is -0.508 e. The number of fused-ring (bicyclic) bond motifs is 1. The van der Waals surface area contributed by atoms with Gasteiger partial charge < -0.3 is 20.4 Å². The van der Waals surface area contributed by atoms with Crippen LogP contribution in [0, 0.1) is 0 Å². The molecule has 0 aromatic heterocycles. The zero-order chi connectivity index (χ0) is 25.0. The highest BCUT2D eigenvalue weighted by Gasteiger charge is 2.24. The molecule has 1 aliphatic rings. The van der Waals surface area contributed by atoms with Crippen LogP contribution < -0.4 is 15.1 Å². The number of nitrogens with one attached hydrogen (secondary N) is 1. The van der Waals surface area contributed by atoms with Gasteiger partial charge in [0.05, 0.1) is 11.4 Å². The fraction of sp³-hybridized carbons (Fsp3) is 0.393. The third-order valence-corrected chi connectivity index (χ3v) is 7.02. The number of rotatable bonds is 6. The Hall–Kier alpha value is -2.99. The highest BCUT2D eigenvalue weighted by atomic mass is 32.1. The molecule has 0 radical (unpaired) electrons. The summed E-state index contributed by atoms with van der Waals surface area (Å²) in [6, 6.07) is 9.78. The molecule has 34 heavy (non-hydrogen) atoms. The second kappa shape index (κ2) is 11.0. The van der Waals surface area contributed by atoms with Crippen LogP contribution in [0.25, 0.3) is 5.70 Å². The van der Waals surface area contributed by atoms with Crippen molar-refractivity contribution in [1.82, 2.24) is 5.32 Å². The largest absolute Gasteiger partial charge is 0.508 e. The van der Waals surface area contributed by atoms with E-state index in [9.17, 15) is 10.2 Å². The molecule has 3 rings (SSSR count). The molecule has 6 heteroatoms. The van der Waals surface area contributed by atoms with Crippen LogP contribution >= 0.6 is 12.2 Å². The quantitative estimate of drug-likeness (QED) is 0.412. The first-order valence-electron chi connectivity index (χ1n) is 12.1. The van der Waals surface area contributed by atoms with Crippen LogP contribution in [0.3, 0.4) is 0 Å². The molecule has 182 valence electrons. The zero-order valence-corrected chi connectivity index (χ0v) is 22.0. The summed E-state index contributed by atoms with van der Waals surface area (Å²) < 4.78 is 0. The fourth-order valence-electron chi connectivity index (χ4n) is 4.58. The number of hydrogen-bond donors (Lipinski definition) is 3. The molecule has 5 nitrogen and oxygen atoms in total. The maximum absolute atomic E-state index is 10.8. The molecule has 2 aromatic carbocycles. The van der Waals surface area contributed by atoms with Gasteiger partial charge in [0, 0.05) is 36.6 Å². The number of benzene rings is 2. The number of thiocarbonyl (C=S) groups is 1. The number of hydrogen-bond acceptors (Lipinski definition) is 4. The van der Waals surface area contributed by atoms with Crippen molar-refractivity contribution in [2.24, 2.45) is 0 Å². The summed E-state index contributed by atoms with van der Waals surface area (Å²) in [6.07, 6.45) is 5.53. The van der Waals surface area contributed by atoms with E-state index in [1.54, 1.807) is 0 Å². The second-order valence-electron chi connectivity index (χ2n) is 8.66. The number of phenolic OH excluding ortho intramolecular Hbond substituents is 2. The summed E-state index contributed by atoms with van der Waals surface area (Å²) in [6.45, 7) is 11.5. The smallest absolute Gasteiger partial charge is 0.177 e. The predicted octanol–water partition coefficient (Wildman–Crippen LogP) is 6.49. The van der Waals surface area contributed by atoms with Crippen LogP contribution in [0.5, 0.6) is 11.5 Å². The van der Waals surface area contributed by atoms with Crippen molar-refractivity contribution < 1.29 is 10.2 Å². The lowest BCUT2D eigenvalue weighted by Gasteiger charge is -2.31. The van der Waals surface area contributed by atoms with E-state index in [0.29, 0.717) is 17.1 Å². The molecule has 0 spiro atoms. The summed E-state index contributed by atoms with van der Waals surface area (Å²) in [4.78, 5) is 4.35. The molecule has 1 aliphatic heterocycles. The number of allylic oxidation sites excluding steroid dienone is 3. The number of aryl methyl sites for hydroxylation is 2. The first-order chi connectivity index (χ1) is 16.3. The lowest BCUT2D eigenvalue weighted by atomic mass is 10.0. The molecule has 0 unspecified atom stereocenters. The average Bonchev–Trinajstić information content (AvgIpc) is 2.94. The van der Waals surface area contributed by atoms with Gasteiger partial charge in [-0.05, 0) is 88.0 Å². The van der Waals surface area contributed by atoms with Crippen molar-refractivity contribution >= 4 is 34.4 Å². The Kier molecular flexibility index (Phi) is 8.26. The maximum Gasteiger partial charge on any atom is 0.177 e. The number of phenols is 2. The highest BCUT2D eigenvalue weighted by Crippen LogP contribution is 2.39. The average molecular weight is 480 g/mol. The van der Waals surface area contributed by atoms with Crippen LogP contribution in [0.1, 0.15) is 64.2 Å². The fourth-order valence-corrected chi connectivity index (χ4v) is 4.78. The molecule has 2 aromatic rings. The third kappa shape index (κ3) is 4.92. The summed E-state index contributed by atoms with van der Waals surface area (Å²) in [7, 11) is 1.81. The van der Waals surface area contributed by atoms with Gasteiger partial charge in [0.15, 0.2) is 5.11 Å². The first kappa shape index (κ1) is 25.6. The Labute approximate surface area is 209 Å². The molecule has 0 bridgehead atoms. The number of aromatic hydroxyl groups is 2. The Bertz CT molecular complexity index is 1140. The van der Waals surface area contributed by atoms with Gasteiger partial charge in [-0.15, -0.1) is 0 Å². The van der Waals surface area contributed by atoms with Crippen LogP contribution in [0.15, 0.2) is 47.7 Å². The minimum absolute atomic E-state index is 0.0256. The monoisotopic (exact) mass is 479 g/mol. The van der Waals surface area contributed by atoms with Crippen molar-refractivity contribution in [3.63, 3.8) is 0 Å². The lowest BCUT2D eigenvalue weighted by molar-refractivity contribution is 0.445. The van der Waals surface area contributed by atoms with E-state index in [-0.39, 0.29) is 11.5 Å². The van der Waals surface area contributed by atoms with Gasteiger partial charge in [0.1, 0.15) is 11.5 Å². The molecule has 0 atom stereocenters. The van der Waals surface area contributed by atoms with Crippen LogP contribution in [0.2, 0.25) is 0 Å². The molecule has 3 N–H and O–H groups in total. The van der Waals surface area contributed by atoms with Crippen LogP contribution in [0.4, 0.5) is 11.4 Å². The Balaban J connectivity index is 2.23. The second-order valence-corrected chi connectivity index (χ2v) is 9.05. The standard InChI is InChI=1S/C28H37N3O2S/c1-7-10-24(23-15-20(8-2)26(32)17-27(23)33)31(28(34)29-6)22-14-13-21-12-11-18(4)19(5)30(9-3)25(21)16-22/h10,13-17,32-33H,7-9,11-12H2,1-6H3,(H,29,34). The van der Waals surface area contributed by atoms with Gasteiger partial charge in [-0.2, -0.15) is 0 Å². The SMILES string of the molecule is CCC=C(c1cc(CC)c(O)cc1O)N(C(=S)NC)c1ccc2c(c1)N(CC)C(C)=C(C)CC2. The zero-order valence-electron chi connectivity index (χ0n) is 21.2. The van der Waals surface area contributed by atoms with Crippen LogP contribution in [-0.2, 0) is 12.8 Å². The molecule has 1 heterocycles. The van der Waals surface area contributed by atoms with Crippen molar-refractivity contribution in [2.75, 3.05) is 23.4 Å².